The second-order valence-electron chi connectivity index (χ2n) is 4.46. The lowest BCUT2D eigenvalue weighted by Crippen LogP contribution is -2.32. The minimum atomic E-state index is -1.09. The standard InChI is InChI=1S/C13H12F2N2O3S/c1-17(6-11(19)20)10(18)5-4-9-16-13-8(21-9)3-2-7(14)12(13)15/h2-3H,4-6H2,1H3,(H,19,20). The van der Waals surface area contributed by atoms with Gasteiger partial charge in [-0.05, 0) is 12.1 Å². The molecule has 0 spiro atoms. The normalized spacial score (nSPS) is 10.8. The number of aromatic nitrogens is 1. The molecule has 1 aromatic carbocycles. The maximum atomic E-state index is 13.5. The summed E-state index contributed by atoms with van der Waals surface area (Å²) in [6.07, 6.45) is 0.316. The number of rotatable bonds is 5. The highest BCUT2D eigenvalue weighted by Crippen LogP contribution is 2.26. The molecule has 1 aromatic heterocycles. The van der Waals surface area contributed by atoms with E-state index in [1.165, 1.54) is 24.5 Å². The summed E-state index contributed by atoms with van der Waals surface area (Å²) in [6, 6.07) is 2.47. The SMILES string of the molecule is CN(CC(=O)O)C(=O)CCc1nc2c(F)c(F)ccc2s1. The Morgan fingerprint density at radius 1 is 1.38 bits per heavy atom. The summed E-state index contributed by atoms with van der Waals surface area (Å²) >= 11 is 1.18. The molecule has 0 unspecified atom stereocenters. The highest BCUT2D eigenvalue weighted by molar-refractivity contribution is 7.18. The first-order chi connectivity index (χ1) is 9.88. The number of halogens is 2. The van der Waals surface area contributed by atoms with Crippen LogP contribution in [0.5, 0.6) is 0 Å². The van der Waals surface area contributed by atoms with Crippen molar-refractivity contribution in [1.29, 1.82) is 0 Å². The molecule has 0 fully saturated rings. The summed E-state index contributed by atoms with van der Waals surface area (Å²) in [5.41, 5.74) is -0.0404. The maximum Gasteiger partial charge on any atom is 0.323 e. The van der Waals surface area contributed by atoms with Crippen molar-refractivity contribution in [2.75, 3.05) is 13.6 Å². The predicted octanol–water partition coefficient (Wildman–Crippen LogP) is 2.05. The molecular formula is C13H12F2N2O3S. The number of hydrogen-bond donors (Lipinski definition) is 1. The summed E-state index contributed by atoms with van der Waals surface area (Å²) in [7, 11) is 1.39. The van der Waals surface area contributed by atoms with Gasteiger partial charge in [-0.25, -0.2) is 13.8 Å². The van der Waals surface area contributed by atoms with E-state index < -0.39 is 17.6 Å². The molecule has 0 atom stereocenters. The van der Waals surface area contributed by atoms with Gasteiger partial charge in [-0.1, -0.05) is 0 Å². The van der Waals surface area contributed by atoms with E-state index in [9.17, 15) is 18.4 Å². The average molecular weight is 314 g/mol. The largest absolute Gasteiger partial charge is 0.480 e. The van der Waals surface area contributed by atoms with E-state index in [1.807, 2.05) is 0 Å². The number of carboxylic acids is 1. The third-order valence-electron chi connectivity index (χ3n) is 2.85. The Balaban J connectivity index is 2.05. The van der Waals surface area contributed by atoms with Crippen LogP contribution < -0.4 is 0 Å². The quantitative estimate of drug-likeness (QED) is 0.917. The van der Waals surface area contributed by atoms with Crippen LogP contribution in [-0.2, 0) is 16.0 Å². The third-order valence-corrected chi connectivity index (χ3v) is 3.93. The summed E-state index contributed by atoms with van der Waals surface area (Å²) in [5, 5.41) is 9.09. The third kappa shape index (κ3) is 3.52. The van der Waals surface area contributed by atoms with Crippen LogP contribution in [0, 0.1) is 11.6 Å². The first kappa shape index (κ1) is 15.3. The maximum absolute atomic E-state index is 13.5. The number of amides is 1. The first-order valence-electron chi connectivity index (χ1n) is 6.07. The Morgan fingerprint density at radius 3 is 2.76 bits per heavy atom. The number of aryl methyl sites for hydroxylation is 1. The average Bonchev–Trinajstić information content (AvgIpc) is 2.83. The van der Waals surface area contributed by atoms with E-state index in [4.69, 9.17) is 5.11 Å². The molecule has 0 bridgehead atoms. The lowest BCUT2D eigenvalue weighted by molar-refractivity contribution is -0.143. The molecule has 0 saturated heterocycles. The Morgan fingerprint density at radius 2 is 2.10 bits per heavy atom. The number of nitrogens with zero attached hydrogens (tertiary/aromatic N) is 2. The van der Waals surface area contributed by atoms with Crippen molar-refractivity contribution in [2.24, 2.45) is 0 Å². The minimum Gasteiger partial charge on any atom is -0.480 e. The Kier molecular flexibility index (Phi) is 4.46. The number of fused-ring (bicyclic) bond motifs is 1. The van der Waals surface area contributed by atoms with Crippen LogP contribution in [-0.4, -0.2) is 40.5 Å². The molecule has 0 radical (unpaired) electrons. The highest BCUT2D eigenvalue weighted by atomic mass is 32.1. The van der Waals surface area contributed by atoms with Crippen LogP contribution >= 0.6 is 11.3 Å². The predicted molar refractivity (Wildman–Crippen MR) is 73.1 cm³/mol. The number of aliphatic carboxylic acids is 1. The summed E-state index contributed by atoms with van der Waals surface area (Å²) in [5.74, 6) is -3.40. The van der Waals surface area contributed by atoms with E-state index in [-0.39, 0.29) is 30.8 Å². The van der Waals surface area contributed by atoms with Crippen LogP contribution in [0.3, 0.4) is 0 Å². The molecule has 1 heterocycles. The molecule has 0 aliphatic rings. The monoisotopic (exact) mass is 314 g/mol. The summed E-state index contributed by atoms with van der Waals surface area (Å²) in [6.45, 7) is -0.376. The Bertz CT molecular complexity index is 702. The zero-order valence-electron chi connectivity index (χ0n) is 11.1. The second kappa shape index (κ2) is 6.13. The van der Waals surface area contributed by atoms with E-state index >= 15 is 0 Å². The number of benzene rings is 1. The van der Waals surface area contributed by atoms with E-state index in [2.05, 4.69) is 4.98 Å². The van der Waals surface area contributed by atoms with Crippen molar-refractivity contribution in [2.45, 2.75) is 12.8 Å². The van der Waals surface area contributed by atoms with E-state index in [0.717, 1.165) is 11.0 Å². The van der Waals surface area contributed by atoms with Gasteiger partial charge < -0.3 is 10.0 Å². The van der Waals surface area contributed by atoms with Gasteiger partial charge in [0.1, 0.15) is 12.1 Å². The van der Waals surface area contributed by atoms with Crippen LogP contribution in [0.2, 0.25) is 0 Å². The fraction of sp³-hybridized carbons (Fsp3) is 0.308. The zero-order chi connectivity index (χ0) is 15.6. The molecule has 1 N–H and O–H groups in total. The van der Waals surface area contributed by atoms with Gasteiger partial charge in [0.25, 0.3) is 0 Å². The second-order valence-corrected chi connectivity index (χ2v) is 5.57. The number of thiazole rings is 1. The Labute approximate surface area is 122 Å². The molecule has 21 heavy (non-hydrogen) atoms. The van der Waals surface area contributed by atoms with Crippen molar-refractivity contribution >= 4 is 33.4 Å². The zero-order valence-corrected chi connectivity index (χ0v) is 11.9. The summed E-state index contributed by atoms with van der Waals surface area (Å²) in [4.78, 5) is 27.3. The van der Waals surface area contributed by atoms with Gasteiger partial charge in [0, 0.05) is 19.9 Å². The van der Waals surface area contributed by atoms with Crippen LogP contribution in [0.4, 0.5) is 8.78 Å². The molecule has 2 rings (SSSR count). The van der Waals surface area contributed by atoms with Gasteiger partial charge >= 0.3 is 5.97 Å². The smallest absolute Gasteiger partial charge is 0.323 e. The van der Waals surface area contributed by atoms with Crippen molar-refractivity contribution in [3.8, 4) is 0 Å². The fourth-order valence-corrected chi connectivity index (χ4v) is 2.75. The van der Waals surface area contributed by atoms with E-state index in [1.54, 1.807) is 0 Å². The summed E-state index contributed by atoms with van der Waals surface area (Å²) < 4.78 is 27.1. The molecular weight excluding hydrogens is 302 g/mol. The molecule has 112 valence electrons. The minimum absolute atomic E-state index is 0.0404. The number of carbonyl (C=O) groups excluding carboxylic acids is 1. The van der Waals surface area contributed by atoms with Gasteiger partial charge in [0.2, 0.25) is 5.91 Å². The number of likely N-dealkylation sites (N-methyl/N-ethyl adjacent to an activating group) is 1. The van der Waals surface area contributed by atoms with Gasteiger partial charge in [-0.3, -0.25) is 9.59 Å². The number of carboxylic acid groups (broad SMARTS) is 1. The van der Waals surface area contributed by atoms with Gasteiger partial charge in [-0.2, -0.15) is 0 Å². The lowest BCUT2D eigenvalue weighted by Gasteiger charge is -2.13. The van der Waals surface area contributed by atoms with Crippen LogP contribution in [0.25, 0.3) is 10.2 Å². The molecule has 2 aromatic rings. The molecule has 1 amide bonds. The van der Waals surface area contributed by atoms with Crippen LogP contribution in [0.15, 0.2) is 12.1 Å². The number of carbonyl (C=O) groups is 2. The molecule has 0 aliphatic heterocycles. The van der Waals surface area contributed by atoms with Crippen molar-refractivity contribution in [3.63, 3.8) is 0 Å². The van der Waals surface area contributed by atoms with Crippen LogP contribution in [0.1, 0.15) is 11.4 Å². The van der Waals surface area contributed by atoms with Gasteiger partial charge in [0.15, 0.2) is 11.6 Å². The topological polar surface area (TPSA) is 70.5 Å². The van der Waals surface area contributed by atoms with Gasteiger partial charge in [0.05, 0.1) is 9.71 Å². The van der Waals surface area contributed by atoms with Crippen molar-refractivity contribution < 1.29 is 23.5 Å². The molecule has 8 heteroatoms. The lowest BCUT2D eigenvalue weighted by atomic mass is 10.3. The van der Waals surface area contributed by atoms with Gasteiger partial charge in [-0.15, -0.1) is 11.3 Å². The first-order valence-corrected chi connectivity index (χ1v) is 6.89. The van der Waals surface area contributed by atoms with Crippen molar-refractivity contribution in [1.82, 2.24) is 9.88 Å². The van der Waals surface area contributed by atoms with E-state index in [0.29, 0.717) is 9.71 Å². The highest BCUT2D eigenvalue weighted by Gasteiger charge is 2.15. The molecule has 0 saturated carbocycles. The molecule has 5 nitrogen and oxygen atoms in total. The number of hydrogen-bond acceptors (Lipinski definition) is 4. The van der Waals surface area contributed by atoms with Crippen molar-refractivity contribution in [3.05, 3.63) is 28.8 Å². The Hall–Kier alpha value is -2.09. The fourth-order valence-electron chi connectivity index (χ4n) is 1.79. The molecule has 0 aliphatic carbocycles.